The number of carbonyl (C=O) groups excluding carboxylic acids is 1. The van der Waals surface area contributed by atoms with E-state index in [1.165, 1.54) is 0 Å². The average molecular weight is 252 g/mol. The summed E-state index contributed by atoms with van der Waals surface area (Å²) in [7, 11) is 0. The van der Waals surface area contributed by atoms with Crippen molar-refractivity contribution in [1.29, 1.82) is 0 Å². The van der Waals surface area contributed by atoms with Gasteiger partial charge in [0.25, 0.3) is 0 Å². The summed E-state index contributed by atoms with van der Waals surface area (Å²) in [4.78, 5) is 11.5. The van der Waals surface area contributed by atoms with Gasteiger partial charge in [0.1, 0.15) is 0 Å². The minimum absolute atomic E-state index is 0.0456. The van der Waals surface area contributed by atoms with E-state index in [-0.39, 0.29) is 5.78 Å². The van der Waals surface area contributed by atoms with Crippen molar-refractivity contribution < 1.29 is 4.79 Å². The third-order valence-corrected chi connectivity index (χ3v) is 2.79. The fourth-order valence-electron chi connectivity index (χ4n) is 1.04. The Morgan fingerprint density at radius 2 is 1.93 bits per heavy atom. The molecule has 1 aromatic carbocycles. The Morgan fingerprint density at radius 1 is 1.21 bits per heavy atom. The Hall–Kier alpha value is -0.240. The van der Waals surface area contributed by atoms with Crippen molar-refractivity contribution in [3.63, 3.8) is 0 Å². The number of carbonyl (C=O) groups is 1. The van der Waals surface area contributed by atoms with Crippen molar-refractivity contribution >= 4 is 40.6 Å². The number of alkyl halides is 1. The van der Waals surface area contributed by atoms with Crippen LogP contribution < -0.4 is 0 Å². The Balaban J connectivity index is 2.76. The van der Waals surface area contributed by atoms with E-state index in [1.807, 2.05) is 0 Å². The summed E-state index contributed by atoms with van der Waals surface area (Å²) in [6, 6.07) is 4.88. The molecule has 76 valence electrons. The molecule has 1 aromatic rings. The molecule has 0 N–H and O–H groups in total. The van der Waals surface area contributed by atoms with E-state index < -0.39 is 0 Å². The summed E-state index contributed by atoms with van der Waals surface area (Å²) in [6.45, 7) is 0. The van der Waals surface area contributed by atoms with E-state index >= 15 is 0 Å². The lowest BCUT2D eigenvalue weighted by Gasteiger charge is -2.01. The second-order valence-electron chi connectivity index (χ2n) is 2.84. The van der Waals surface area contributed by atoms with Crippen LogP contribution in [0.25, 0.3) is 0 Å². The molecular formula is C10H9Cl3O. The largest absolute Gasteiger partial charge is 0.294 e. The highest BCUT2D eigenvalue weighted by Gasteiger charge is 2.07. The molecule has 0 fully saturated rings. The van der Waals surface area contributed by atoms with Gasteiger partial charge in [0.15, 0.2) is 5.78 Å². The summed E-state index contributed by atoms with van der Waals surface area (Å²) in [6.07, 6.45) is 1.13. The topological polar surface area (TPSA) is 17.1 Å². The maximum atomic E-state index is 11.5. The van der Waals surface area contributed by atoms with Gasteiger partial charge in [-0.15, -0.1) is 11.6 Å². The van der Waals surface area contributed by atoms with E-state index in [9.17, 15) is 4.79 Å². The highest BCUT2D eigenvalue weighted by atomic mass is 35.5. The van der Waals surface area contributed by atoms with Gasteiger partial charge in [0.2, 0.25) is 0 Å². The molecule has 0 radical (unpaired) electrons. The van der Waals surface area contributed by atoms with Gasteiger partial charge in [-0.1, -0.05) is 23.2 Å². The molecule has 14 heavy (non-hydrogen) atoms. The van der Waals surface area contributed by atoms with Crippen LogP contribution in [0, 0.1) is 0 Å². The maximum absolute atomic E-state index is 11.5. The van der Waals surface area contributed by atoms with Crippen molar-refractivity contribution in [2.75, 3.05) is 5.88 Å². The molecule has 1 nitrogen and oxygen atoms in total. The highest BCUT2D eigenvalue weighted by Crippen LogP contribution is 2.23. The van der Waals surface area contributed by atoms with Crippen LogP contribution in [0.1, 0.15) is 23.2 Å². The predicted octanol–water partition coefficient (Wildman–Crippen LogP) is 4.20. The van der Waals surface area contributed by atoms with Crippen molar-refractivity contribution in [3.8, 4) is 0 Å². The first-order valence-electron chi connectivity index (χ1n) is 4.19. The molecule has 0 bridgehead atoms. The van der Waals surface area contributed by atoms with Gasteiger partial charge in [-0.3, -0.25) is 4.79 Å². The van der Waals surface area contributed by atoms with E-state index in [2.05, 4.69) is 0 Å². The zero-order valence-electron chi connectivity index (χ0n) is 7.40. The highest BCUT2D eigenvalue weighted by molar-refractivity contribution is 6.42. The Kier molecular flexibility index (Phi) is 4.73. The average Bonchev–Trinajstić information content (AvgIpc) is 2.18. The molecule has 0 atom stereocenters. The molecule has 0 saturated heterocycles. The van der Waals surface area contributed by atoms with Gasteiger partial charge in [-0.25, -0.2) is 0 Å². The molecular weight excluding hydrogens is 242 g/mol. The van der Waals surface area contributed by atoms with E-state index in [0.29, 0.717) is 34.3 Å². The molecule has 0 spiro atoms. The minimum atomic E-state index is 0.0456. The third-order valence-electron chi connectivity index (χ3n) is 1.78. The van der Waals surface area contributed by atoms with Crippen LogP contribution in [-0.2, 0) is 0 Å². The molecule has 4 heteroatoms. The molecule has 0 amide bonds. The number of Topliss-reactive ketones (excluding diaryl/α,β-unsaturated/α-hetero) is 1. The Labute approximate surface area is 98.0 Å². The first-order valence-corrected chi connectivity index (χ1v) is 5.48. The second-order valence-corrected chi connectivity index (χ2v) is 4.04. The number of rotatable bonds is 4. The van der Waals surface area contributed by atoms with Crippen LogP contribution in [0.5, 0.6) is 0 Å². The number of benzene rings is 1. The lowest BCUT2D eigenvalue weighted by atomic mass is 10.1. The fourth-order valence-corrected chi connectivity index (χ4v) is 1.47. The Morgan fingerprint density at radius 3 is 2.50 bits per heavy atom. The van der Waals surface area contributed by atoms with Crippen LogP contribution in [0.15, 0.2) is 18.2 Å². The zero-order valence-corrected chi connectivity index (χ0v) is 9.66. The minimum Gasteiger partial charge on any atom is -0.294 e. The molecule has 0 saturated carbocycles. The molecule has 0 aliphatic rings. The normalized spacial score (nSPS) is 10.2. The molecule has 0 heterocycles. The second kappa shape index (κ2) is 5.59. The summed E-state index contributed by atoms with van der Waals surface area (Å²) >= 11 is 17.0. The summed E-state index contributed by atoms with van der Waals surface area (Å²) in [5.74, 6) is 0.539. The van der Waals surface area contributed by atoms with Crippen LogP contribution >= 0.6 is 34.8 Å². The van der Waals surface area contributed by atoms with Crippen LogP contribution in [0.4, 0.5) is 0 Å². The molecule has 0 aliphatic carbocycles. The van der Waals surface area contributed by atoms with Gasteiger partial charge in [0.05, 0.1) is 10.0 Å². The first-order chi connectivity index (χ1) is 6.65. The number of hydrogen-bond donors (Lipinski definition) is 0. The first kappa shape index (κ1) is 11.8. The fraction of sp³-hybridized carbons (Fsp3) is 0.300. The lowest BCUT2D eigenvalue weighted by Crippen LogP contribution is -1.99. The number of halogens is 3. The zero-order chi connectivity index (χ0) is 10.6. The van der Waals surface area contributed by atoms with Gasteiger partial charge in [0, 0.05) is 17.9 Å². The van der Waals surface area contributed by atoms with Gasteiger partial charge in [-0.05, 0) is 24.6 Å². The quantitative estimate of drug-likeness (QED) is 0.579. The van der Waals surface area contributed by atoms with Crippen LogP contribution in [0.3, 0.4) is 0 Å². The lowest BCUT2D eigenvalue weighted by molar-refractivity contribution is 0.0982. The van der Waals surface area contributed by atoms with Crippen molar-refractivity contribution in [2.24, 2.45) is 0 Å². The molecule has 1 rings (SSSR count). The van der Waals surface area contributed by atoms with E-state index in [4.69, 9.17) is 34.8 Å². The number of hydrogen-bond acceptors (Lipinski definition) is 1. The molecule has 0 aliphatic heterocycles. The maximum Gasteiger partial charge on any atom is 0.162 e. The SMILES string of the molecule is O=C(CCCCl)c1ccc(Cl)c(Cl)c1. The predicted molar refractivity (Wildman–Crippen MR) is 60.7 cm³/mol. The van der Waals surface area contributed by atoms with Gasteiger partial charge in [-0.2, -0.15) is 0 Å². The van der Waals surface area contributed by atoms with Crippen LogP contribution in [-0.4, -0.2) is 11.7 Å². The Bertz CT molecular complexity index is 336. The smallest absolute Gasteiger partial charge is 0.162 e. The van der Waals surface area contributed by atoms with Gasteiger partial charge >= 0.3 is 0 Å². The van der Waals surface area contributed by atoms with Crippen molar-refractivity contribution in [1.82, 2.24) is 0 Å². The summed E-state index contributed by atoms with van der Waals surface area (Å²) in [5.41, 5.74) is 0.588. The molecule has 0 aromatic heterocycles. The van der Waals surface area contributed by atoms with Crippen molar-refractivity contribution in [2.45, 2.75) is 12.8 Å². The third kappa shape index (κ3) is 3.16. The standard InChI is InChI=1S/C10H9Cl3O/c11-5-1-2-10(14)7-3-4-8(12)9(13)6-7/h3-4,6H,1-2,5H2. The summed E-state index contributed by atoms with van der Waals surface area (Å²) < 4.78 is 0. The monoisotopic (exact) mass is 250 g/mol. The number of ketones is 1. The van der Waals surface area contributed by atoms with Crippen molar-refractivity contribution in [3.05, 3.63) is 33.8 Å². The van der Waals surface area contributed by atoms with E-state index in [1.54, 1.807) is 18.2 Å². The van der Waals surface area contributed by atoms with E-state index in [0.717, 1.165) is 0 Å². The molecule has 0 unspecified atom stereocenters. The summed E-state index contributed by atoms with van der Waals surface area (Å²) in [5, 5.41) is 0.865. The van der Waals surface area contributed by atoms with Crippen LogP contribution in [0.2, 0.25) is 10.0 Å². The van der Waals surface area contributed by atoms with Gasteiger partial charge < -0.3 is 0 Å².